The molecule has 0 heterocycles. The monoisotopic (exact) mass is 1150 g/mol. The van der Waals surface area contributed by atoms with E-state index in [2.05, 4.69) is 154 Å². The van der Waals surface area contributed by atoms with Crippen LogP contribution in [0.15, 0.2) is 134 Å². The van der Waals surface area contributed by atoms with E-state index in [1.807, 2.05) is 0 Å². The van der Waals surface area contributed by atoms with Gasteiger partial charge in [-0.3, -0.25) is 14.4 Å². The maximum absolute atomic E-state index is 13.0. The van der Waals surface area contributed by atoms with Gasteiger partial charge in [0.2, 0.25) is 0 Å². The van der Waals surface area contributed by atoms with Crippen LogP contribution in [-0.2, 0) is 28.6 Å². The van der Waals surface area contributed by atoms with Crippen LogP contribution in [-0.4, -0.2) is 37.2 Å². The number of esters is 3. The lowest BCUT2D eigenvalue weighted by atomic mass is 10.0. The zero-order chi connectivity index (χ0) is 59.9. The molecule has 0 fully saturated rings. The van der Waals surface area contributed by atoms with Crippen LogP contribution in [0.5, 0.6) is 0 Å². The van der Waals surface area contributed by atoms with E-state index in [-0.39, 0.29) is 31.1 Å². The van der Waals surface area contributed by atoms with Gasteiger partial charge in [0.1, 0.15) is 13.2 Å². The molecule has 6 heteroatoms. The number of rotatable bonds is 62. The predicted octanol–water partition coefficient (Wildman–Crippen LogP) is 24.1. The summed E-state index contributed by atoms with van der Waals surface area (Å²) in [6.45, 7) is 6.40. The van der Waals surface area contributed by atoms with Gasteiger partial charge in [0.25, 0.3) is 0 Å². The van der Waals surface area contributed by atoms with Crippen molar-refractivity contribution in [1.82, 2.24) is 0 Å². The second-order valence-electron chi connectivity index (χ2n) is 22.7. The average molecular weight is 1150 g/mol. The van der Waals surface area contributed by atoms with Crippen LogP contribution in [0.1, 0.15) is 316 Å². The average Bonchev–Trinajstić information content (AvgIpc) is 3.49. The summed E-state index contributed by atoms with van der Waals surface area (Å²) < 4.78 is 17.0. The highest BCUT2D eigenvalue weighted by Crippen LogP contribution is 2.16. The molecule has 0 amide bonds. The van der Waals surface area contributed by atoms with Crippen molar-refractivity contribution >= 4 is 17.9 Å². The molecule has 0 radical (unpaired) electrons. The van der Waals surface area contributed by atoms with Gasteiger partial charge in [-0.05, 0) is 135 Å². The summed E-state index contributed by atoms with van der Waals surface area (Å²) in [5, 5.41) is 0. The Hall–Kier alpha value is -4.45. The fourth-order valence-corrected chi connectivity index (χ4v) is 9.49. The van der Waals surface area contributed by atoms with Gasteiger partial charge < -0.3 is 14.2 Å². The molecule has 0 aliphatic carbocycles. The molecule has 0 rings (SSSR count). The minimum atomic E-state index is -0.802. The summed E-state index contributed by atoms with van der Waals surface area (Å²) in [5.74, 6) is -0.927. The molecule has 0 aromatic carbocycles. The number of carbonyl (C=O) groups is 3. The van der Waals surface area contributed by atoms with Gasteiger partial charge in [-0.2, -0.15) is 0 Å². The number of ether oxygens (including phenoxy) is 3. The van der Waals surface area contributed by atoms with Crippen LogP contribution in [0.2, 0.25) is 0 Å². The molecule has 1 atom stereocenters. The molecule has 0 saturated carbocycles. The second-order valence-corrected chi connectivity index (χ2v) is 22.7. The molecule has 0 aliphatic heterocycles. The summed E-state index contributed by atoms with van der Waals surface area (Å²) in [4.78, 5) is 38.5. The Morgan fingerprint density at radius 2 is 0.470 bits per heavy atom. The lowest BCUT2D eigenvalue weighted by molar-refractivity contribution is -0.167. The van der Waals surface area contributed by atoms with Gasteiger partial charge >= 0.3 is 17.9 Å². The summed E-state index contributed by atoms with van der Waals surface area (Å²) in [6, 6.07) is 0. The van der Waals surface area contributed by atoms with E-state index < -0.39 is 6.10 Å². The van der Waals surface area contributed by atoms with E-state index in [4.69, 9.17) is 14.2 Å². The largest absolute Gasteiger partial charge is 0.462 e. The van der Waals surface area contributed by atoms with E-state index in [0.29, 0.717) is 19.3 Å². The molecule has 0 aromatic heterocycles. The smallest absolute Gasteiger partial charge is 0.306 e. The third-order valence-electron chi connectivity index (χ3n) is 14.6. The fourth-order valence-electron chi connectivity index (χ4n) is 9.49. The molecule has 83 heavy (non-hydrogen) atoms. The standard InChI is InChI=1S/C77H128O6/c1-4-7-10-13-16-19-22-25-28-31-33-35-37-38-40-41-43-46-49-52-55-58-61-64-67-70-76(79)82-73-74(72-81-75(78)69-66-63-60-57-54-51-48-45-30-27-24-21-18-15-12-9-6-3)83-77(80)71-68-65-62-59-56-53-50-47-44-42-39-36-34-32-29-26-23-20-17-14-11-8-5-2/h7,9-10,12,16,18-19,21,25,27-28,30,32-35,38,40,43,46,48,51,74H,4-6,8,11,13-15,17,20,22-24,26,29,31,36-37,39,41-42,44-45,47,49-50,52-73H2,1-3H3/b10-7-,12-9-,19-16-,21-18-,28-25-,30-27-,34-32-,35-33-,40-38-,46-43-,51-48-. The minimum absolute atomic E-state index is 0.0970. The first kappa shape index (κ1) is 78.5. The maximum atomic E-state index is 13.0. The summed E-state index contributed by atoms with van der Waals surface area (Å²) in [7, 11) is 0. The Labute approximate surface area is 513 Å². The Morgan fingerprint density at radius 3 is 0.747 bits per heavy atom. The van der Waals surface area contributed by atoms with Gasteiger partial charge in [-0.25, -0.2) is 0 Å². The number of hydrogen-bond acceptors (Lipinski definition) is 6. The first-order chi connectivity index (χ1) is 41.0. The Balaban J connectivity index is 4.44. The molecule has 472 valence electrons. The molecule has 0 aromatic rings. The molecule has 0 N–H and O–H groups in total. The Bertz CT molecular complexity index is 1750. The fraction of sp³-hybridized carbons (Fsp3) is 0.675. The Morgan fingerprint density at radius 1 is 0.253 bits per heavy atom. The Kier molecular flexibility index (Phi) is 66.3. The minimum Gasteiger partial charge on any atom is -0.462 e. The lowest BCUT2D eigenvalue weighted by Gasteiger charge is -2.18. The summed E-state index contributed by atoms with van der Waals surface area (Å²) >= 11 is 0. The van der Waals surface area contributed by atoms with Crippen molar-refractivity contribution in [2.24, 2.45) is 0 Å². The number of carbonyl (C=O) groups excluding carboxylic acids is 3. The molecule has 0 spiro atoms. The van der Waals surface area contributed by atoms with Crippen LogP contribution >= 0.6 is 0 Å². The summed E-state index contributed by atoms with van der Waals surface area (Å²) in [5.41, 5.74) is 0. The van der Waals surface area contributed by atoms with E-state index >= 15 is 0 Å². The zero-order valence-electron chi connectivity index (χ0n) is 54.2. The van der Waals surface area contributed by atoms with Gasteiger partial charge in [0.05, 0.1) is 0 Å². The van der Waals surface area contributed by atoms with Crippen molar-refractivity contribution in [2.45, 2.75) is 322 Å². The van der Waals surface area contributed by atoms with Gasteiger partial charge in [-0.1, -0.05) is 296 Å². The predicted molar refractivity (Wildman–Crippen MR) is 362 cm³/mol. The number of allylic oxidation sites excluding steroid dienone is 22. The molecule has 1 unspecified atom stereocenters. The van der Waals surface area contributed by atoms with Crippen molar-refractivity contribution in [3.05, 3.63) is 134 Å². The van der Waals surface area contributed by atoms with Crippen molar-refractivity contribution in [1.29, 1.82) is 0 Å². The highest BCUT2D eigenvalue weighted by molar-refractivity contribution is 5.71. The lowest BCUT2D eigenvalue weighted by Crippen LogP contribution is -2.30. The van der Waals surface area contributed by atoms with E-state index in [1.54, 1.807) is 0 Å². The highest BCUT2D eigenvalue weighted by Gasteiger charge is 2.19. The molecule has 0 bridgehead atoms. The van der Waals surface area contributed by atoms with Crippen molar-refractivity contribution in [3.63, 3.8) is 0 Å². The van der Waals surface area contributed by atoms with E-state index in [1.165, 1.54) is 128 Å². The third-order valence-corrected chi connectivity index (χ3v) is 14.6. The number of unbranched alkanes of at least 4 members (excludes halogenated alkanes) is 29. The van der Waals surface area contributed by atoms with Crippen LogP contribution in [0.25, 0.3) is 0 Å². The number of hydrogen-bond donors (Lipinski definition) is 0. The molecule has 6 nitrogen and oxygen atoms in total. The summed E-state index contributed by atoms with van der Waals surface area (Å²) in [6.07, 6.45) is 98.9. The zero-order valence-corrected chi connectivity index (χ0v) is 54.2. The topological polar surface area (TPSA) is 78.9 Å². The SMILES string of the molecule is CC/C=C\C/C=C\C/C=C\C/C=C\C/C=C\C/C=C\CCCCCCCCC(=O)OCC(COC(=O)CCCCCC/C=C\C/C=C\C/C=C\C/C=C\CC)OC(=O)CCCCCCCCCCCCC/C=C\CCCCCCCCCC. The van der Waals surface area contributed by atoms with Crippen LogP contribution < -0.4 is 0 Å². The van der Waals surface area contributed by atoms with Gasteiger partial charge in [0.15, 0.2) is 6.10 Å². The van der Waals surface area contributed by atoms with Crippen molar-refractivity contribution in [3.8, 4) is 0 Å². The van der Waals surface area contributed by atoms with Crippen LogP contribution in [0.4, 0.5) is 0 Å². The quantitative estimate of drug-likeness (QED) is 0.0261. The first-order valence-electron chi connectivity index (χ1n) is 34.7. The maximum Gasteiger partial charge on any atom is 0.306 e. The molecular weight excluding hydrogens is 1020 g/mol. The molecule has 0 aliphatic rings. The van der Waals surface area contributed by atoms with E-state index in [0.717, 1.165) is 148 Å². The normalized spacial score (nSPS) is 13.0. The van der Waals surface area contributed by atoms with E-state index in [9.17, 15) is 14.4 Å². The van der Waals surface area contributed by atoms with Gasteiger partial charge in [-0.15, -0.1) is 0 Å². The van der Waals surface area contributed by atoms with Crippen LogP contribution in [0.3, 0.4) is 0 Å². The third kappa shape index (κ3) is 68.2. The second kappa shape index (κ2) is 70.0. The van der Waals surface area contributed by atoms with Gasteiger partial charge in [0, 0.05) is 19.3 Å². The first-order valence-corrected chi connectivity index (χ1v) is 34.7. The highest BCUT2D eigenvalue weighted by atomic mass is 16.6. The van der Waals surface area contributed by atoms with Crippen molar-refractivity contribution < 1.29 is 28.6 Å². The molecule has 0 saturated heterocycles. The molecular formula is C77H128O6. The van der Waals surface area contributed by atoms with Crippen LogP contribution in [0, 0.1) is 0 Å². The van der Waals surface area contributed by atoms with Crippen molar-refractivity contribution in [2.75, 3.05) is 13.2 Å².